The maximum Gasteiger partial charge on any atom is 0.253 e. The van der Waals surface area contributed by atoms with Crippen LogP contribution >= 0.6 is 0 Å². The van der Waals surface area contributed by atoms with Crippen LogP contribution in [0.15, 0.2) is 45.9 Å². The van der Waals surface area contributed by atoms with Crippen LogP contribution in [-0.4, -0.2) is 44.8 Å². The Bertz CT molecular complexity index is 945. The van der Waals surface area contributed by atoms with Gasteiger partial charge < -0.3 is 14.6 Å². The Morgan fingerprint density at radius 1 is 1.20 bits per heavy atom. The van der Waals surface area contributed by atoms with Gasteiger partial charge in [0.1, 0.15) is 5.76 Å². The fraction of sp³-hybridized carbons (Fsp3) is 0.500. The van der Waals surface area contributed by atoms with Crippen molar-refractivity contribution < 1.29 is 17.6 Å². The lowest BCUT2D eigenvalue weighted by Crippen LogP contribution is -2.35. The van der Waals surface area contributed by atoms with Gasteiger partial charge in [-0.05, 0) is 49.1 Å². The van der Waals surface area contributed by atoms with Gasteiger partial charge in [-0.25, -0.2) is 8.42 Å². The maximum absolute atomic E-state index is 13.1. The number of nitrogens with one attached hydrogen (secondary N) is 1. The minimum Gasteiger partial charge on any atom is -0.467 e. The number of piperidine rings is 1. The second-order valence-corrected chi connectivity index (χ2v) is 9.64. The number of furan rings is 1. The van der Waals surface area contributed by atoms with Crippen LogP contribution in [0.5, 0.6) is 0 Å². The molecule has 0 aliphatic carbocycles. The van der Waals surface area contributed by atoms with Crippen molar-refractivity contribution >= 4 is 21.6 Å². The topological polar surface area (TPSA) is 82.9 Å². The van der Waals surface area contributed by atoms with E-state index in [4.69, 9.17) is 4.42 Å². The number of rotatable bonds is 8. The lowest BCUT2D eigenvalue weighted by Gasteiger charge is -2.33. The zero-order valence-corrected chi connectivity index (χ0v) is 18.7. The number of hydrogen-bond acceptors (Lipinski definition) is 5. The van der Waals surface area contributed by atoms with E-state index < -0.39 is 10.0 Å². The summed E-state index contributed by atoms with van der Waals surface area (Å²) < 4.78 is 32.7. The fourth-order valence-corrected chi connectivity index (χ4v) is 5.26. The number of anilines is 1. The number of amides is 1. The fourth-order valence-electron chi connectivity index (χ4n) is 3.77. The summed E-state index contributed by atoms with van der Waals surface area (Å²) in [5.41, 5.74) is 1.15. The van der Waals surface area contributed by atoms with E-state index in [-0.39, 0.29) is 17.3 Å². The van der Waals surface area contributed by atoms with E-state index >= 15 is 0 Å². The van der Waals surface area contributed by atoms with E-state index in [9.17, 15) is 13.2 Å². The van der Waals surface area contributed by atoms with Gasteiger partial charge in [0.25, 0.3) is 5.91 Å². The molecule has 0 saturated carbocycles. The Morgan fingerprint density at radius 3 is 2.50 bits per heavy atom. The van der Waals surface area contributed by atoms with Crippen molar-refractivity contribution in [2.75, 3.05) is 31.1 Å². The van der Waals surface area contributed by atoms with Crippen molar-refractivity contribution in [1.82, 2.24) is 9.62 Å². The molecule has 8 heteroatoms. The van der Waals surface area contributed by atoms with Crippen LogP contribution in [0, 0.1) is 5.92 Å². The molecule has 3 rings (SSSR count). The average Bonchev–Trinajstić information content (AvgIpc) is 3.26. The van der Waals surface area contributed by atoms with Gasteiger partial charge in [-0.2, -0.15) is 4.31 Å². The molecule has 1 aliphatic heterocycles. The molecule has 0 radical (unpaired) electrons. The van der Waals surface area contributed by atoms with Gasteiger partial charge in [-0.1, -0.05) is 20.8 Å². The Balaban J connectivity index is 1.94. The van der Waals surface area contributed by atoms with Gasteiger partial charge >= 0.3 is 0 Å². The number of hydrogen-bond donors (Lipinski definition) is 1. The molecule has 1 saturated heterocycles. The van der Waals surface area contributed by atoms with Gasteiger partial charge in [0.2, 0.25) is 10.0 Å². The average molecular weight is 434 g/mol. The Labute approximate surface area is 179 Å². The first-order chi connectivity index (χ1) is 14.4. The zero-order valence-electron chi connectivity index (χ0n) is 17.9. The molecule has 0 atom stereocenters. The van der Waals surface area contributed by atoms with E-state index in [1.54, 1.807) is 44.4 Å². The molecule has 0 spiro atoms. The van der Waals surface area contributed by atoms with Crippen LogP contribution in [0.2, 0.25) is 0 Å². The van der Waals surface area contributed by atoms with Crippen molar-refractivity contribution in [3.05, 3.63) is 47.9 Å². The van der Waals surface area contributed by atoms with Crippen LogP contribution < -0.4 is 10.2 Å². The van der Waals surface area contributed by atoms with Crippen molar-refractivity contribution in [2.45, 2.75) is 45.1 Å². The highest BCUT2D eigenvalue weighted by molar-refractivity contribution is 7.89. The summed E-state index contributed by atoms with van der Waals surface area (Å²) >= 11 is 0. The van der Waals surface area contributed by atoms with Crippen LogP contribution in [0.25, 0.3) is 0 Å². The van der Waals surface area contributed by atoms with Crippen LogP contribution in [0.4, 0.5) is 5.69 Å². The zero-order chi connectivity index (χ0) is 21.7. The lowest BCUT2D eigenvalue weighted by atomic mass is 9.98. The predicted octanol–water partition coefficient (Wildman–Crippen LogP) is 3.48. The van der Waals surface area contributed by atoms with Crippen molar-refractivity contribution in [2.24, 2.45) is 5.92 Å². The molecule has 1 aliphatic rings. The summed E-state index contributed by atoms with van der Waals surface area (Å²) in [4.78, 5) is 15.4. The number of benzene rings is 1. The van der Waals surface area contributed by atoms with Gasteiger partial charge in [-0.15, -0.1) is 0 Å². The second kappa shape index (κ2) is 9.66. The molecule has 2 aromatic rings. The molecule has 1 aromatic carbocycles. The normalized spacial score (nSPS) is 15.5. The van der Waals surface area contributed by atoms with Crippen LogP contribution in [0.1, 0.15) is 49.7 Å². The molecule has 30 heavy (non-hydrogen) atoms. The SMILES string of the molecule is CCN(CC)S(=O)(=O)c1ccc(N2CCC(C)CC2)c(C(=O)NCc2ccco2)c1. The number of nitrogens with zero attached hydrogens (tertiary/aromatic N) is 2. The van der Waals surface area contributed by atoms with Gasteiger partial charge in [0.05, 0.1) is 23.3 Å². The molecular weight excluding hydrogens is 402 g/mol. The first-order valence-corrected chi connectivity index (χ1v) is 12.0. The minimum absolute atomic E-state index is 0.142. The standard InChI is InChI=1S/C22H31N3O4S/c1-4-25(5-2)30(27,28)19-8-9-21(24-12-10-17(3)11-13-24)20(15-19)22(26)23-16-18-7-6-14-29-18/h6-9,14-15,17H,4-5,10-13,16H2,1-3H3,(H,23,26). The number of sulfonamides is 1. The third-order valence-corrected chi connectivity index (χ3v) is 7.73. The minimum atomic E-state index is -3.66. The lowest BCUT2D eigenvalue weighted by molar-refractivity contribution is 0.0948. The Hall–Kier alpha value is -2.32. The smallest absolute Gasteiger partial charge is 0.253 e. The summed E-state index contributed by atoms with van der Waals surface area (Å²) in [6.07, 6.45) is 3.65. The van der Waals surface area contributed by atoms with E-state index in [2.05, 4.69) is 17.1 Å². The van der Waals surface area contributed by atoms with Crippen molar-refractivity contribution in [3.8, 4) is 0 Å². The highest BCUT2D eigenvalue weighted by atomic mass is 32.2. The summed E-state index contributed by atoms with van der Waals surface area (Å²) in [5, 5.41) is 2.86. The second-order valence-electron chi connectivity index (χ2n) is 7.70. The van der Waals surface area contributed by atoms with Gasteiger partial charge in [0, 0.05) is 31.9 Å². The maximum atomic E-state index is 13.1. The Kier molecular flexibility index (Phi) is 7.20. The molecule has 164 valence electrons. The molecule has 0 unspecified atom stereocenters. The van der Waals surface area contributed by atoms with E-state index in [0.29, 0.717) is 30.3 Å². The van der Waals surface area contributed by atoms with Crippen molar-refractivity contribution in [1.29, 1.82) is 0 Å². The highest BCUT2D eigenvalue weighted by Gasteiger charge is 2.26. The largest absolute Gasteiger partial charge is 0.467 e. The van der Waals surface area contributed by atoms with E-state index in [1.165, 1.54) is 10.4 Å². The third kappa shape index (κ3) is 4.87. The molecule has 1 amide bonds. The van der Waals surface area contributed by atoms with E-state index in [1.807, 2.05) is 0 Å². The molecular formula is C22H31N3O4S. The summed E-state index contributed by atoms with van der Waals surface area (Å²) in [6, 6.07) is 8.45. The number of carbonyl (C=O) groups is 1. The summed E-state index contributed by atoms with van der Waals surface area (Å²) in [7, 11) is -3.66. The van der Waals surface area contributed by atoms with E-state index in [0.717, 1.165) is 31.6 Å². The Morgan fingerprint density at radius 2 is 1.90 bits per heavy atom. The van der Waals surface area contributed by atoms with Crippen LogP contribution in [0.3, 0.4) is 0 Å². The van der Waals surface area contributed by atoms with Crippen molar-refractivity contribution in [3.63, 3.8) is 0 Å². The monoisotopic (exact) mass is 433 g/mol. The molecule has 1 aromatic heterocycles. The first-order valence-electron chi connectivity index (χ1n) is 10.6. The quantitative estimate of drug-likeness (QED) is 0.689. The molecule has 2 heterocycles. The van der Waals surface area contributed by atoms with Gasteiger partial charge in [-0.3, -0.25) is 4.79 Å². The number of carbonyl (C=O) groups excluding carboxylic acids is 1. The first kappa shape index (κ1) is 22.4. The molecule has 1 N–H and O–H groups in total. The summed E-state index contributed by atoms with van der Waals surface area (Å²) in [5.74, 6) is 0.986. The molecule has 0 bridgehead atoms. The predicted molar refractivity (Wildman–Crippen MR) is 117 cm³/mol. The molecule has 1 fully saturated rings. The summed E-state index contributed by atoms with van der Waals surface area (Å²) in [6.45, 7) is 8.55. The van der Waals surface area contributed by atoms with Crippen LogP contribution in [-0.2, 0) is 16.6 Å². The molecule has 7 nitrogen and oxygen atoms in total. The highest BCUT2D eigenvalue weighted by Crippen LogP contribution is 2.29. The van der Waals surface area contributed by atoms with Gasteiger partial charge in [0.15, 0.2) is 0 Å². The third-order valence-electron chi connectivity index (χ3n) is 5.68.